The predicted octanol–water partition coefficient (Wildman–Crippen LogP) is 4.07. The molecule has 114 valence electrons. The lowest BCUT2D eigenvalue weighted by atomic mass is 10.1. The van der Waals surface area contributed by atoms with Gasteiger partial charge in [0.15, 0.2) is 0 Å². The zero-order chi connectivity index (χ0) is 15.4. The number of benzene rings is 1. The minimum absolute atomic E-state index is 0.354. The fourth-order valence-corrected chi connectivity index (χ4v) is 3.46. The molecule has 0 saturated carbocycles. The van der Waals surface area contributed by atoms with Gasteiger partial charge in [0.25, 0.3) is 0 Å². The van der Waals surface area contributed by atoms with Gasteiger partial charge in [-0.2, -0.15) is 5.10 Å². The van der Waals surface area contributed by atoms with Gasteiger partial charge in [0.1, 0.15) is 12.4 Å². The third-order valence-corrected chi connectivity index (χ3v) is 4.23. The smallest absolute Gasteiger partial charge is 0.148 e. The minimum Gasteiger partial charge on any atom is -0.485 e. The zero-order valence-electron chi connectivity index (χ0n) is 12.1. The maximum atomic E-state index is 5.88. The van der Waals surface area contributed by atoms with E-state index in [4.69, 9.17) is 10.5 Å². The molecule has 0 spiro atoms. The van der Waals surface area contributed by atoms with Crippen LogP contribution in [0.25, 0.3) is 0 Å². The van der Waals surface area contributed by atoms with Gasteiger partial charge in [-0.05, 0) is 82.4 Å². The molecule has 2 rings (SSSR count). The second kappa shape index (κ2) is 7.42. The number of ether oxygens (including phenoxy) is 1. The Morgan fingerprint density at radius 3 is 2.48 bits per heavy atom. The van der Waals surface area contributed by atoms with Crippen molar-refractivity contribution in [2.45, 2.75) is 32.9 Å². The molecule has 0 aliphatic carbocycles. The van der Waals surface area contributed by atoms with Crippen LogP contribution in [0.2, 0.25) is 0 Å². The molecule has 1 heterocycles. The minimum atomic E-state index is 0.354. The number of nitrogens with zero attached hydrogens (tertiary/aromatic N) is 2. The quantitative estimate of drug-likeness (QED) is 0.772. The number of aromatic nitrogens is 2. The number of hydrogen-bond acceptors (Lipinski definition) is 3. The highest BCUT2D eigenvalue weighted by Crippen LogP contribution is 2.35. The molecule has 2 N–H and O–H groups in total. The average Bonchev–Trinajstić information content (AvgIpc) is 2.87. The summed E-state index contributed by atoms with van der Waals surface area (Å²) in [5.74, 6) is 0.787. The maximum absolute atomic E-state index is 5.88. The van der Waals surface area contributed by atoms with E-state index in [9.17, 15) is 0 Å². The Morgan fingerprint density at radius 1 is 1.29 bits per heavy atom. The van der Waals surface area contributed by atoms with Crippen LogP contribution in [0.4, 0.5) is 0 Å². The molecule has 1 aromatic heterocycles. The lowest BCUT2D eigenvalue weighted by Crippen LogP contribution is -2.05. The molecule has 0 atom stereocenters. The molecule has 6 heteroatoms. The van der Waals surface area contributed by atoms with Crippen molar-refractivity contribution in [2.75, 3.05) is 6.54 Å². The molecule has 1 aromatic carbocycles. The standard InChI is InChI=1S/C15H19Br2N3O/c1-10(2)20-6-4-12(19-20)9-21-15-13(16)7-11(3-5-18)8-14(15)17/h4,6-8,10H,3,5,9,18H2,1-2H3. The maximum Gasteiger partial charge on any atom is 0.148 e. The first-order valence-electron chi connectivity index (χ1n) is 6.86. The van der Waals surface area contributed by atoms with Crippen molar-refractivity contribution < 1.29 is 4.74 Å². The van der Waals surface area contributed by atoms with Gasteiger partial charge >= 0.3 is 0 Å². The molecule has 0 fully saturated rings. The summed E-state index contributed by atoms with van der Waals surface area (Å²) in [5, 5.41) is 4.48. The molecule has 0 unspecified atom stereocenters. The molecule has 4 nitrogen and oxygen atoms in total. The lowest BCUT2D eigenvalue weighted by molar-refractivity contribution is 0.295. The second-order valence-electron chi connectivity index (χ2n) is 5.10. The van der Waals surface area contributed by atoms with Gasteiger partial charge < -0.3 is 10.5 Å². The van der Waals surface area contributed by atoms with E-state index in [2.05, 4.69) is 50.8 Å². The predicted molar refractivity (Wildman–Crippen MR) is 91.5 cm³/mol. The van der Waals surface area contributed by atoms with Crippen LogP contribution in [0.15, 0.2) is 33.3 Å². The Bertz CT molecular complexity index is 588. The second-order valence-corrected chi connectivity index (χ2v) is 6.81. The van der Waals surface area contributed by atoms with E-state index in [1.807, 2.05) is 29.1 Å². The summed E-state index contributed by atoms with van der Waals surface area (Å²) in [6.07, 6.45) is 2.81. The summed E-state index contributed by atoms with van der Waals surface area (Å²) in [6, 6.07) is 6.41. The topological polar surface area (TPSA) is 53.1 Å². The van der Waals surface area contributed by atoms with Crippen molar-refractivity contribution in [2.24, 2.45) is 5.73 Å². The van der Waals surface area contributed by atoms with Gasteiger partial charge in [0, 0.05) is 12.2 Å². The molecular weight excluding hydrogens is 398 g/mol. The van der Waals surface area contributed by atoms with Crippen molar-refractivity contribution in [3.05, 3.63) is 44.6 Å². The van der Waals surface area contributed by atoms with Gasteiger partial charge in [0.05, 0.1) is 14.6 Å². The van der Waals surface area contributed by atoms with Crippen LogP contribution >= 0.6 is 31.9 Å². The molecule has 0 amide bonds. The van der Waals surface area contributed by atoms with E-state index in [-0.39, 0.29) is 0 Å². The van der Waals surface area contributed by atoms with Crippen molar-refractivity contribution in [1.29, 1.82) is 0 Å². The van der Waals surface area contributed by atoms with Crippen LogP contribution in [0, 0.1) is 0 Å². The third-order valence-electron chi connectivity index (χ3n) is 3.05. The van der Waals surface area contributed by atoms with E-state index in [0.29, 0.717) is 19.2 Å². The highest BCUT2D eigenvalue weighted by atomic mass is 79.9. The molecule has 0 saturated heterocycles. The summed E-state index contributed by atoms with van der Waals surface area (Å²) in [6.45, 7) is 5.26. The largest absolute Gasteiger partial charge is 0.485 e. The van der Waals surface area contributed by atoms with E-state index in [0.717, 1.165) is 26.8 Å². The molecule has 0 aliphatic heterocycles. The summed E-state index contributed by atoms with van der Waals surface area (Å²) in [5.41, 5.74) is 7.67. The molecule has 0 radical (unpaired) electrons. The first-order valence-corrected chi connectivity index (χ1v) is 8.44. The van der Waals surface area contributed by atoms with E-state index in [1.54, 1.807) is 0 Å². The SMILES string of the molecule is CC(C)n1ccc(COc2c(Br)cc(CCN)cc2Br)n1. The number of halogens is 2. The first kappa shape index (κ1) is 16.5. The summed E-state index contributed by atoms with van der Waals surface area (Å²) in [7, 11) is 0. The lowest BCUT2D eigenvalue weighted by Gasteiger charge is -2.11. The van der Waals surface area contributed by atoms with Gasteiger partial charge in [-0.15, -0.1) is 0 Å². The molecule has 0 bridgehead atoms. The third kappa shape index (κ3) is 4.31. The van der Waals surface area contributed by atoms with Gasteiger partial charge in [-0.25, -0.2) is 0 Å². The Labute approximate surface area is 141 Å². The zero-order valence-corrected chi connectivity index (χ0v) is 15.3. The molecule has 0 aliphatic rings. The summed E-state index contributed by atoms with van der Waals surface area (Å²) >= 11 is 7.10. The Hall–Kier alpha value is -0.850. The highest BCUT2D eigenvalue weighted by Gasteiger charge is 2.10. The molecular formula is C15H19Br2N3O. The van der Waals surface area contributed by atoms with E-state index >= 15 is 0 Å². The Morgan fingerprint density at radius 2 is 1.95 bits per heavy atom. The van der Waals surface area contributed by atoms with Gasteiger partial charge in [-0.1, -0.05) is 0 Å². The fraction of sp³-hybridized carbons (Fsp3) is 0.400. The van der Waals surface area contributed by atoms with Crippen LogP contribution in [-0.2, 0) is 13.0 Å². The van der Waals surface area contributed by atoms with Crippen molar-refractivity contribution >= 4 is 31.9 Å². The average molecular weight is 417 g/mol. The Kier molecular flexibility index (Phi) is 5.84. The fourth-order valence-electron chi connectivity index (χ4n) is 1.95. The van der Waals surface area contributed by atoms with Crippen molar-refractivity contribution in [1.82, 2.24) is 9.78 Å². The molecule has 21 heavy (non-hydrogen) atoms. The Balaban J connectivity index is 2.08. The normalized spacial score (nSPS) is 11.1. The van der Waals surface area contributed by atoms with Crippen LogP contribution in [0.5, 0.6) is 5.75 Å². The van der Waals surface area contributed by atoms with E-state index < -0.39 is 0 Å². The first-order chi connectivity index (χ1) is 10.0. The molecule has 2 aromatic rings. The summed E-state index contributed by atoms with van der Waals surface area (Å²) < 4.78 is 9.64. The highest BCUT2D eigenvalue weighted by molar-refractivity contribution is 9.11. The van der Waals surface area contributed by atoms with Gasteiger partial charge in [-0.3, -0.25) is 4.68 Å². The van der Waals surface area contributed by atoms with Crippen LogP contribution < -0.4 is 10.5 Å². The van der Waals surface area contributed by atoms with Crippen molar-refractivity contribution in [3.8, 4) is 5.75 Å². The number of rotatable bonds is 6. The van der Waals surface area contributed by atoms with Crippen LogP contribution in [0.3, 0.4) is 0 Å². The summed E-state index contributed by atoms with van der Waals surface area (Å²) in [4.78, 5) is 0. The van der Waals surface area contributed by atoms with E-state index in [1.165, 1.54) is 5.56 Å². The van der Waals surface area contributed by atoms with Crippen LogP contribution in [0.1, 0.15) is 31.1 Å². The van der Waals surface area contributed by atoms with Crippen LogP contribution in [-0.4, -0.2) is 16.3 Å². The van der Waals surface area contributed by atoms with Gasteiger partial charge in [0.2, 0.25) is 0 Å². The number of nitrogens with two attached hydrogens (primary N) is 1. The number of hydrogen-bond donors (Lipinski definition) is 1. The van der Waals surface area contributed by atoms with Crippen molar-refractivity contribution in [3.63, 3.8) is 0 Å². The monoisotopic (exact) mass is 415 g/mol.